The maximum Gasteiger partial charge on any atom is 0.305 e. The van der Waals surface area contributed by atoms with Crippen LogP contribution in [0.3, 0.4) is 0 Å². The van der Waals surface area contributed by atoms with E-state index in [9.17, 15) is 9.59 Å². The number of hydrogen-bond donors (Lipinski definition) is 1. The number of nitrogens with zero attached hydrogens (tertiary/aromatic N) is 1. The fourth-order valence-electron chi connectivity index (χ4n) is 2.60. The molecule has 1 aromatic carbocycles. The molecule has 0 saturated carbocycles. The first kappa shape index (κ1) is 15.4. The van der Waals surface area contributed by atoms with Crippen molar-refractivity contribution in [2.75, 3.05) is 32.6 Å². The maximum absolute atomic E-state index is 12.4. The van der Waals surface area contributed by atoms with Crippen molar-refractivity contribution >= 4 is 17.6 Å². The minimum Gasteiger partial charge on any atom is -0.469 e. The Kier molecular flexibility index (Phi) is 5.20. The highest BCUT2D eigenvalue weighted by Gasteiger charge is 2.26. The molecule has 0 bridgehead atoms. The van der Waals surface area contributed by atoms with E-state index in [0.29, 0.717) is 25.9 Å². The van der Waals surface area contributed by atoms with Gasteiger partial charge in [0.2, 0.25) is 5.91 Å². The smallest absolute Gasteiger partial charge is 0.305 e. The molecule has 1 atom stereocenters. The molecule has 1 aliphatic rings. The maximum atomic E-state index is 12.4. The number of esters is 1. The van der Waals surface area contributed by atoms with Crippen LogP contribution in [0.4, 0.5) is 5.69 Å². The number of carbonyl (C=O) groups excluding carboxylic acids is 2. The van der Waals surface area contributed by atoms with Gasteiger partial charge in [0.1, 0.15) is 0 Å². The van der Waals surface area contributed by atoms with Crippen molar-refractivity contribution in [1.29, 1.82) is 0 Å². The Morgan fingerprint density at radius 2 is 2.14 bits per heavy atom. The predicted molar refractivity (Wildman–Crippen MR) is 81.0 cm³/mol. The van der Waals surface area contributed by atoms with Crippen LogP contribution in [0.2, 0.25) is 0 Å². The van der Waals surface area contributed by atoms with E-state index < -0.39 is 0 Å². The molecule has 0 spiro atoms. The molecule has 2 rings (SSSR count). The Bertz CT molecular complexity index is 516. The standard InChI is InChI=1S/C16H22N2O3/c1-18(9-5-8-15(19)21-2)16(20)13-10-12-6-3-4-7-14(12)17-11-13/h3-4,6-7,13,17H,5,8-11H2,1-2H3. The van der Waals surface area contributed by atoms with E-state index in [1.807, 2.05) is 18.2 Å². The van der Waals surface area contributed by atoms with Gasteiger partial charge in [-0.3, -0.25) is 9.59 Å². The molecule has 1 heterocycles. The van der Waals surface area contributed by atoms with Gasteiger partial charge in [-0.1, -0.05) is 18.2 Å². The van der Waals surface area contributed by atoms with Crippen molar-refractivity contribution in [2.45, 2.75) is 19.3 Å². The number of amides is 1. The second-order valence-electron chi connectivity index (χ2n) is 5.38. The van der Waals surface area contributed by atoms with Gasteiger partial charge in [0.25, 0.3) is 0 Å². The number of fused-ring (bicyclic) bond motifs is 1. The first-order valence-electron chi connectivity index (χ1n) is 7.25. The zero-order chi connectivity index (χ0) is 15.2. The van der Waals surface area contributed by atoms with E-state index in [2.05, 4.69) is 16.1 Å². The number of anilines is 1. The Morgan fingerprint density at radius 3 is 2.90 bits per heavy atom. The number of ether oxygens (including phenoxy) is 1. The summed E-state index contributed by atoms with van der Waals surface area (Å²) in [5.74, 6) is -0.144. The number of methoxy groups -OCH3 is 1. The third kappa shape index (κ3) is 3.97. The van der Waals surface area contributed by atoms with Crippen molar-refractivity contribution < 1.29 is 14.3 Å². The first-order valence-corrected chi connectivity index (χ1v) is 7.25. The van der Waals surface area contributed by atoms with Crippen LogP contribution in [0.25, 0.3) is 0 Å². The normalized spacial score (nSPS) is 16.6. The quantitative estimate of drug-likeness (QED) is 0.838. The van der Waals surface area contributed by atoms with Crippen molar-refractivity contribution in [3.05, 3.63) is 29.8 Å². The van der Waals surface area contributed by atoms with Crippen LogP contribution in [0.5, 0.6) is 0 Å². The van der Waals surface area contributed by atoms with Crippen molar-refractivity contribution in [3.8, 4) is 0 Å². The highest BCUT2D eigenvalue weighted by atomic mass is 16.5. The van der Waals surface area contributed by atoms with Crippen LogP contribution >= 0.6 is 0 Å². The molecule has 0 aliphatic carbocycles. The van der Waals surface area contributed by atoms with E-state index >= 15 is 0 Å². The van der Waals surface area contributed by atoms with E-state index in [1.54, 1.807) is 11.9 Å². The minimum atomic E-state index is -0.232. The van der Waals surface area contributed by atoms with Crippen molar-refractivity contribution in [1.82, 2.24) is 4.90 Å². The molecule has 21 heavy (non-hydrogen) atoms. The number of carbonyl (C=O) groups is 2. The number of rotatable bonds is 5. The van der Waals surface area contributed by atoms with Crippen molar-refractivity contribution in [3.63, 3.8) is 0 Å². The summed E-state index contributed by atoms with van der Waals surface area (Å²) in [6.07, 6.45) is 1.74. The average molecular weight is 290 g/mol. The lowest BCUT2D eigenvalue weighted by molar-refractivity contribution is -0.141. The first-order chi connectivity index (χ1) is 10.1. The van der Waals surface area contributed by atoms with Crippen LogP contribution in [0.15, 0.2) is 24.3 Å². The monoisotopic (exact) mass is 290 g/mol. The van der Waals surface area contributed by atoms with E-state index in [0.717, 1.165) is 12.1 Å². The van der Waals surface area contributed by atoms with E-state index in [4.69, 9.17) is 0 Å². The van der Waals surface area contributed by atoms with Gasteiger partial charge in [0.05, 0.1) is 13.0 Å². The number of para-hydroxylation sites is 1. The second kappa shape index (κ2) is 7.11. The average Bonchev–Trinajstić information content (AvgIpc) is 2.53. The SMILES string of the molecule is COC(=O)CCCN(C)C(=O)C1CNc2ccccc2C1. The summed E-state index contributed by atoms with van der Waals surface area (Å²) in [5, 5.41) is 3.31. The molecule has 1 aliphatic heterocycles. The van der Waals surface area contributed by atoms with E-state index in [1.165, 1.54) is 12.7 Å². The van der Waals surface area contributed by atoms with Gasteiger partial charge in [-0.25, -0.2) is 0 Å². The molecule has 5 nitrogen and oxygen atoms in total. The molecular weight excluding hydrogens is 268 g/mol. The summed E-state index contributed by atoms with van der Waals surface area (Å²) in [6, 6.07) is 8.08. The molecule has 1 amide bonds. The van der Waals surface area contributed by atoms with Crippen LogP contribution in [0.1, 0.15) is 18.4 Å². The zero-order valence-corrected chi connectivity index (χ0v) is 12.6. The number of hydrogen-bond acceptors (Lipinski definition) is 4. The van der Waals surface area contributed by atoms with Crippen LogP contribution in [-0.2, 0) is 20.7 Å². The molecule has 114 valence electrons. The fraction of sp³-hybridized carbons (Fsp3) is 0.500. The summed E-state index contributed by atoms with van der Waals surface area (Å²) in [7, 11) is 3.17. The molecule has 0 aromatic heterocycles. The largest absolute Gasteiger partial charge is 0.469 e. The highest BCUT2D eigenvalue weighted by Crippen LogP contribution is 2.25. The molecule has 1 aromatic rings. The lowest BCUT2D eigenvalue weighted by Crippen LogP contribution is -2.39. The summed E-state index contributed by atoms with van der Waals surface area (Å²) in [4.78, 5) is 25.2. The summed E-state index contributed by atoms with van der Waals surface area (Å²) < 4.78 is 4.60. The lowest BCUT2D eigenvalue weighted by atomic mass is 9.93. The molecule has 1 N–H and O–H groups in total. The van der Waals surface area contributed by atoms with Gasteiger partial charge in [-0.05, 0) is 24.5 Å². The Balaban J connectivity index is 1.85. The predicted octanol–water partition coefficient (Wildman–Crippen LogP) is 1.68. The third-order valence-corrected chi connectivity index (χ3v) is 3.85. The van der Waals surface area contributed by atoms with Gasteiger partial charge >= 0.3 is 5.97 Å². The Labute approximate surface area is 125 Å². The molecule has 5 heteroatoms. The Morgan fingerprint density at radius 1 is 1.38 bits per heavy atom. The van der Waals surface area contributed by atoms with Gasteiger partial charge in [0.15, 0.2) is 0 Å². The Hall–Kier alpha value is -2.04. The second-order valence-corrected chi connectivity index (χ2v) is 5.38. The number of benzene rings is 1. The molecule has 0 radical (unpaired) electrons. The molecule has 1 unspecified atom stereocenters. The zero-order valence-electron chi connectivity index (χ0n) is 12.6. The molecule has 0 fully saturated rings. The van der Waals surface area contributed by atoms with E-state index in [-0.39, 0.29) is 17.8 Å². The van der Waals surface area contributed by atoms with Gasteiger partial charge in [-0.2, -0.15) is 0 Å². The van der Waals surface area contributed by atoms with Crippen LogP contribution < -0.4 is 5.32 Å². The summed E-state index contributed by atoms with van der Waals surface area (Å²) in [5.41, 5.74) is 2.31. The topological polar surface area (TPSA) is 58.6 Å². The fourth-order valence-corrected chi connectivity index (χ4v) is 2.60. The third-order valence-electron chi connectivity index (χ3n) is 3.85. The summed E-state index contributed by atoms with van der Waals surface area (Å²) >= 11 is 0. The van der Waals surface area contributed by atoms with Gasteiger partial charge in [0, 0.05) is 32.2 Å². The highest BCUT2D eigenvalue weighted by molar-refractivity contribution is 5.80. The number of nitrogens with one attached hydrogen (secondary N) is 1. The molecular formula is C16H22N2O3. The minimum absolute atomic E-state index is 0.0389. The van der Waals surface area contributed by atoms with Crippen LogP contribution in [0, 0.1) is 5.92 Å². The van der Waals surface area contributed by atoms with Gasteiger partial charge in [-0.15, -0.1) is 0 Å². The van der Waals surface area contributed by atoms with Crippen LogP contribution in [-0.4, -0.2) is 44.0 Å². The van der Waals surface area contributed by atoms with Gasteiger partial charge < -0.3 is 15.0 Å². The summed E-state index contributed by atoms with van der Waals surface area (Å²) in [6.45, 7) is 1.24. The lowest BCUT2D eigenvalue weighted by Gasteiger charge is -2.29. The van der Waals surface area contributed by atoms with Crippen molar-refractivity contribution in [2.24, 2.45) is 5.92 Å². The molecule has 0 saturated heterocycles.